The normalized spacial score (nSPS) is 11.4. The van der Waals surface area contributed by atoms with Crippen LogP contribution in [0.1, 0.15) is 21.0 Å². The number of carbonyl (C=O) groups is 1. The summed E-state index contributed by atoms with van der Waals surface area (Å²) in [4.78, 5) is 20.2. The molecule has 6 nitrogen and oxygen atoms in total. The summed E-state index contributed by atoms with van der Waals surface area (Å²) in [5.41, 5.74) is 0.825. The van der Waals surface area contributed by atoms with Crippen molar-refractivity contribution in [2.75, 3.05) is 4.90 Å². The molecule has 0 aliphatic rings. The molecule has 0 spiro atoms. The molecule has 0 radical (unpaired) electrons. The van der Waals surface area contributed by atoms with Crippen molar-refractivity contribution in [3.8, 4) is 0 Å². The zero-order valence-electron chi connectivity index (χ0n) is 16.1. The monoisotopic (exact) mass is 438 g/mol. The Hall–Kier alpha value is -3.23. The standard InChI is InChI=1S/C22H18N2O4S2/c1-16-7-5-13-23-21(16)24(15-17-8-6-14-29-17)22(25)19-11-12-20(28-19)30(26,27)18-9-3-2-4-10-18/h2-14H,15H2,1H3. The summed E-state index contributed by atoms with van der Waals surface area (Å²) < 4.78 is 31.1. The van der Waals surface area contributed by atoms with Crippen LogP contribution in [0.25, 0.3) is 0 Å². The summed E-state index contributed by atoms with van der Waals surface area (Å²) >= 11 is 1.52. The number of aryl methyl sites for hydroxylation is 1. The molecular weight excluding hydrogens is 420 g/mol. The molecule has 4 rings (SSSR count). The Morgan fingerprint density at radius 1 is 1.03 bits per heavy atom. The fourth-order valence-electron chi connectivity index (χ4n) is 2.99. The number of amides is 1. The van der Waals surface area contributed by atoms with Crippen molar-refractivity contribution in [3.05, 3.63) is 94.5 Å². The quantitative estimate of drug-likeness (QED) is 0.435. The maximum absolute atomic E-state index is 13.3. The first-order valence-electron chi connectivity index (χ1n) is 9.12. The maximum atomic E-state index is 13.3. The minimum atomic E-state index is -3.85. The van der Waals surface area contributed by atoms with Crippen LogP contribution in [0.2, 0.25) is 0 Å². The predicted molar refractivity (Wildman–Crippen MR) is 114 cm³/mol. The zero-order valence-corrected chi connectivity index (χ0v) is 17.7. The minimum Gasteiger partial charge on any atom is -0.439 e. The molecule has 0 aliphatic carbocycles. The highest BCUT2D eigenvalue weighted by Gasteiger charge is 2.27. The van der Waals surface area contributed by atoms with E-state index in [-0.39, 0.29) is 15.7 Å². The van der Waals surface area contributed by atoms with Crippen molar-refractivity contribution in [2.24, 2.45) is 0 Å². The van der Waals surface area contributed by atoms with Crippen molar-refractivity contribution < 1.29 is 17.6 Å². The number of anilines is 1. The first-order chi connectivity index (χ1) is 14.5. The van der Waals surface area contributed by atoms with Gasteiger partial charge in [0.05, 0.1) is 11.4 Å². The number of pyridine rings is 1. The molecule has 0 fully saturated rings. The number of benzene rings is 1. The molecule has 0 saturated carbocycles. The van der Waals surface area contributed by atoms with Crippen LogP contribution in [0, 0.1) is 6.92 Å². The van der Waals surface area contributed by atoms with Crippen molar-refractivity contribution in [1.82, 2.24) is 4.98 Å². The lowest BCUT2D eigenvalue weighted by Crippen LogP contribution is -2.31. The lowest BCUT2D eigenvalue weighted by atomic mass is 10.2. The van der Waals surface area contributed by atoms with Crippen LogP contribution in [0.5, 0.6) is 0 Å². The Balaban J connectivity index is 1.70. The average Bonchev–Trinajstić information content (AvgIpc) is 3.45. The summed E-state index contributed by atoms with van der Waals surface area (Å²) in [5, 5.41) is 1.66. The van der Waals surface area contributed by atoms with Crippen LogP contribution in [-0.4, -0.2) is 19.3 Å². The zero-order chi connectivity index (χ0) is 21.1. The molecule has 3 aromatic heterocycles. The van der Waals surface area contributed by atoms with Gasteiger partial charge in [0.15, 0.2) is 5.76 Å². The fraction of sp³-hybridized carbons (Fsp3) is 0.0909. The van der Waals surface area contributed by atoms with E-state index < -0.39 is 15.7 Å². The van der Waals surface area contributed by atoms with Crippen LogP contribution in [0.4, 0.5) is 5.82 Å². The largest absolute Gasteiger partial charge is 0.439 e. The third kappa shape index (κ3) is 3.92. The number of sulfone groups is 1. The number of hydrogen-bond acceptors (Lipinski definition) is 6. The number of nitrogens with zero attached hydrogens (tertiary/aromatic N) is 2. The van der Waals surface area contributed by atoms with Crippen molar-refractivity contribution in [2.45, 2.75) is 23.5 Å². The van der Waals surface area contributed by atoms with Gasteiger partial charge in [-0.25, -0.2) is 13.4 Å². The van der Waals surface area contributed by atoms with E-state index in [1.165, 1.54) is 40.5 Å². The average molecular weight is 439 g/mol. The second-order valence-corrected chi connectivity index (χ2v) is 9.46. The van der Waals surface area contributed by atoms with Crippen LogP contribution in [-0.2, 0) is 16.4 Å². The molecule has 0 N–H and O–H groups in total. The van der Waals surface area contributed by atoms with Crippen LogP contribution >= 0.6 is 11.3 Å². The van der Waals surface area contributed by atoms with E-state index in [9.17, 15) is 13.2 Å². The van der Waals surface area contributed by atoms with E-state index in [0.29, 0.717) is 12.4 Å². The summed E-state index contributed by atoms with van der Waals surface area (Å²) in [6.07, 6.45) is 1.62. The molecule has 1 aromatic carbocycles. The Labute approximate surface area is 178 Å². The van der Waals surface area contributed by atoms with Gasteiger partial charge in [0, 0.05) is 11.1 Å². The fourth-order valence-corrected chi connectivity index (χ4v) is 4.88. The second kappa shape index (κ2) is 8.25. The Morgan fingerprint density at radius 2 is 1.83 bits per heavy atom. The molecule has 152 valence electrons. The molecule has 0 unspecified atom stereocenters. The van der Waals surface area contributed by atoms with Crippen molar-refractivity contribution in [1.29, 1.82) is 0 Å². The number of aromatic nitrogens is 1. The van der Waals surface area contributed by atoms with Gasteiger partial charge < -0.3 is 4.42 Å². The molecule has 0 aliphatic heterocycles. The van der Waals surface area contributed by atoms with Gasteiger partial charge in [-0.05, 0) is 54.3 Å². The third-order valence-electron chi connectivity index (χ3n) is 4.49. The molecule has 0 atom stereocenters. The van der Waals surface area contributed by atoms with Gasteiger partial charge >= 0.3 is 0 Å². The summed E-state index contributed by atoms with van der Waals surface area (Å²) in [6, 6.07) is 18.2. The number of furan rings is 1. The van der Waals surface area contributed by atoms with Gasteiger partial charge in [0.25, 0.3) is 5.91 Å². The van der Waals surface area contributed by atoms with Gasteiger partial charge in [0.2, 0.25) is 14.9 Å². The number of carbonyl (C=O) groups excluding carboxylic acids is 1. The number of hydrogen-bond donors (Lipinski definition) is 0. The summed E-state index contributed by atoms with van der Waals surface area (Å²) in [7, 11) is -3.85. The van der Waals surface area contributed by atoms with E-state index in [0.717, 1.165) is 10.4 Å². The van der Waals surface area contributed by atoms with Gasteiger partial charge in [-0.3, -0.25) is 9.69 Å². The van der Waals surface area contributed by atoms with E-state index in [2.05, 4.69) is 4.98 Å². The molecule has 3 heterocycles. The first-order valence-corrected chi connectivity index (χ1v) is 11.5. The molecular formula is C22H18N2O4S2. The second-order valence-electron chi connectivity index (χ2n) is 6.55. The molecule has 0 saturated heterocycles. The molecule has 0 bridgehead atoms. The highest BCUT2D eigenvalue weighted by molar-refractivity contribution is 7.91. The van der Waals surface area contributed by atoms with Crippen molar-refractivity contribution in [3.63, 3.8) is 0 Å². The highest BCUT2D eigenvalue weighted by atomic mass is 32.2. The summed E-state index contributed by atoms with van der Waals surface area (Å²) in [5.74, 6) is -0.0226. The lowest BCUT2D eigenvalue weighted by Gasteiger charge is -2.21. The Kier molecular flexibility index (Phi) is 5.52. The Bertz CT molecular complexity index is 1260. The van der Waals surface area contributed by atoms with Gasteiger partial charge in [-0.1, -0.05) is 30.3 Å². The summed E-state index contributed by atoms with van der Waals surface area (Å²) in [6.45, 7) is 2.17. The van der Waals surface area contributed by atoms with Crippen LogP contribution < -0.4 is 4.90 Å². The van der Waals surface area contributed by atoms with E-state index >= 15 is 0 Å². The molecule has 1 amide bonds. The molecule has 4 aromatic rings. The minimum absolute atomic E-state index is 0.0638. The topological polar surface area (TPSA) is 80.5 Å². The Morgan fingerprint density at radius 3 is 2.53 bits per heavy atom. The SMILES string of the molecule is Cc1cccnc1N(Cc1cccs1)C(=O)c1ccc(S(=O)(=O)c2ccccc2)o1. The van der Waals surface area contributed by atoms with Gasteiger partial charge in [-0.15, -0.1) is 11.3 Å². The molecule has 8 heteroatoms. The smallest absolute Gasteiger partial charge is 0.295 e. The van der Waals surface area contributed by atoms with Crippen LogP contribution in [0.15, 0.2) is 92.7 Å². The first kappa shape index (κ1) is 20.1. The van der Waals surface area contributed by atoms with E-state index in [4.69, 9.17) is 4.42 Å². The van der Waals surface area contributed by atoms with E-state index in [1.54, 1.807) is 30.5 Å². The number of rotatable bonds is 6. The molecule has 30 heavy (non-hydrogen) atoms. The van der Waals surface area contributed by atoms with E-state index in [1.807, 2.05) is 30.5 Å². The highest BCUT2D eigenvalue weighted by Crippen LogP contribution is 2.27. The maximum Gasteiger partial charge on any atom is 0.295 e. The number of thiophene rings is 1. The lowest BCUT2D eigenvalue weighted by molar-refractivity contribution is 0.0952. The predicted octanol–water partition coefficient (Wildman–Crippen LogP) is 4.72. The van der Waals surface area contributed by atoms with Crippen LogP contribution in [0.3, 0.4) is 0 Å². The third-order valence-corrected chi connectivity index (χ3v) is 6.99. The van der Waals surface area contributed by atoms with Gasteiger partial charge in [0.1, 0.15) is 5.82 Å². The van der Waals surface area contributed by atoms with Crippen molar-refractivity contribution >= 4 is 32.9 Å². The van der Waals surface area contributed by atoms with Gasteiger partial charge in [-0.2, -0.15) is 0 Å².